The van der Waals surface area contributed by atoms with Crippen LogP contribution in [0.1, 0.15) is 35.7 Å². The number of thiophene rings is 1. The first kappa shape index (κ1) is 13.6. The SMILES string of the molecule is COc1cc(C(C)C)ccc1-c1cscc1C(=O)O. The Labute approximate surface area is 116 Å². The molecule has 0 bridgehead atoms. The van der Waals surface area contributed by atoms with Crippen molar-refractivity contribution < 1.29 is 14.6 Å². The number of ether oxygens (including phenoxy) is 1. The zero-order chi connectivity index (χ0) is 14.0. The standard InChI is InChI=1S/C15H16O3S/c1-9(2)10-4-5-11(14(6-10)18-3)12-7-19-8-13(12)15(16)17/h4-9H,1-3H3,(H,16,17). The van der Waals surface area contributed by atoms with Gasteiger partial charge in [-0.1, -0.05) is 26.0 Å². The summed E-state index contributed by atoms with van der Waals surface area (Å²) in [5.41, 5.74) is 3.03. The number of carboxylic acids is 1. The second kappa shape index (κ2) is 5.45. The summed E-state index contributed by atoms with van der Waals surface area (Å²) in [5, 5.41) is 12.7. The molecule has 19 heavy (non-hydrogen) atoms. The van der Waals surface area contributed by atoms with Crippen LogP contribution >= 0.6 is 11.3 Å². The number of benzene rings is 1. The second-order valence-corrected chi connectivity index (χ2v) is 5.36. The topological polar surface area (TPSA) is 46.5 Å². The first-order valence-electron chi connectivity index (χ1n) is 6.02. The minimum Gasteiger partial charge on any atom is -0.496 e. The van der Waals surface area contributed by atoms with Gasteiger partial charge in [0.1, 0.15) is 5.75 Å². The maximum absolute atomic E-state index is 11.2. The Hall–Kier alpha value is -1.81. The molecule has 0 atom stereocenters. The van der Waals surface area contributed by atoms with Crippen molar-refractivity contribution in [3.05, 3.63) is 40.1 Å². The van der Waals surface area contributed by atoms with Gasteiger partial charge in [0.05, 0.1) is 12.7 Å². The molecule has 0 radical (unpaired) electrons. The molecule has 0 amide bonds. The lowest BCUT2D eigenvalue weighted by atomic mass is 9.97. The van der Waals surface area contributed by atoms with E-state index in [2.05, 4.69) is 13.8 Å². The van der Waals surface area contributed by atoms with Crippen LogP contribution in [0.15, 0.2) is 29.0 Å². The van der Waals surface area contributed by atoms with Gasteiger partial charge in [0.2, 0.25) is 0 Å². The summed E-state index contributed by atoms with van der Waals surface area (Å²) >= 11 is 1.38. The predicted octanol–water partition coefficient (Wildman–Crippen LogP) is 4.25. The molecule has 2 aromatic rings. The number of rotatable bonds is 4. The van der Waals surface area contributed by atoms with E-state index < -0.39 is 5.97 Å². The zero-order valence-corrected chi connectivity index (χ0v) is 12.0. The van der Waals surface area contributed by atoms with Crippen molar-refractivity contribution in [1.82, 2.24) is 0 Å². The fourth-order valence-corrected chi connectivity index (χ4v) is 2.78. The molecule has 1 aromatic carbocycles. The van der Waals surface area contributed by atoms with Crippen molar-refractivity contribution in [1.29, 1.82) is 0 Å². The highest BCUT2D eigenvalue weighted by molar-refractivity contribution is 7.08. The average Bonchev–Trinajstić information content (AvgIpc) is 2.87. The molecule has 100 valence electrons. The molecule has 0 spiro atoms. The summed E-state index contributed by atoms with van der Waals surface area (Å²) in [6.45, 7) is 4.23. The highest BCUT2D eigenvalue weighted by atomic mass is 32.1. The van der Waals surface area contributed by atoms with Crippen LogP contribution in [0.5, 0.6) is 5.75 Å². The summed E-state index contributed by atoms with van der Waals surface area (Å²) in [6, 6.07) is 5.93. The van der Waals surface area contributed by atoms with E-state index in [9.17, 15) is 9.90 Å². The van der Waals surface area contributed by atoms with Crippen molar-refractivity contribution in [3.63, 3.8) is 0 Å². The highest BCUT2D eigenvalue weighted by Crippen LogP contribution is 2.36. The van der Waals surface area contributed by atoms with E-state index in [1.54, 1.807) is 12.5 Å². The molecule has 3 nitrogen and oxygen atoms in total. The largest absolute Gasteiger partial charge is 0.496 e. The third-order valence-electron chi connectivity index (χ3n) is 3.07. The summed E-state index contributed by atoms with van der Waals surface area (Å²) < 4.78 is 5.41. The molecule has 0 aliphatic heterocycles. The molecule has 0 fully saturated rings. The molecule has 0 saturated heterocycles. The molecule has 1 heterocycles. The lowest BCUT2D eigenvalue weighted by Gasteiger charge is -2.12. The fraction of sp³-hybridized carbons (Fsp3) is 0.267. The predicted molar refractivity (Wildman–Crippen MR) is 77.4 cm³/mol. The van der Waals surface area contributed by atoms with Gasteiger partial charge in [0.15, 0.2) is 0 Å². The number of carbonyl (C=O) groups is 1. The van der Waals surface area contributed by atoms with Gasteiger partial charge in [-0.25, -0.2) is 4.79 Å². The van der Waals surface area contributed by atoms with Crippen LogP contribution in [-0.2, 0) is 0 Å². The van der Waals surface area contributed by atoms with E-state index in [0.717, 1.165) is 5.56 Å². The van der Waals surface area contributed by atoms with E-state index in [0.29, 0.717) is 22.8 Å². The minimum atomic E-state index is -0.911. The third kappa shape index (κ3) is 2.63. The summed E-state index contributed by atoms with van der Waals surface area (Å²) in [7, 11) is 1.61. The number of carboxylic acid groups (broad SMARTS) is 1. The first-order valence-corrected chi connectivity index (χ1v) is 6.96. The maximum atomic E-state index is 11.2. The van der Waals surface area contributed by atoms with Gasteiger partial charge < -0.3 is 9.84 Å². The first-order chi connectivity index (χ1) is 9.04. The molecule has 4 heteroatoms. The van der Waals surface area contributed by atoms with Gasteiger partial charge in [0.25, 0.3) is 0 Å². The van der Waals surface area contributed by atoms with Crippen molar-refractivity contribution in [2.75, 3.05) is 7.11 Å². The monoisotopic (exact) mass is 276 g/mol. The van der Waals surface area contributed by atoms with Gasteiger partial charge >= 0.3 is 5.97 Å². The van der Waals surface area contributed by atoms with Crippen LogP contribution in [0.4, 0.5) is 0 Å². The van der Waals surface area contributed by atoms with Gasteiger partial charge in [-0.05, 0) is 22.9 Å². The quantitative estimate of drug-likeness (QED) is 0.908. The van der Waals surface area contributed by atoms with E-state index in [-0.39, 0.29) is 0 Å². The molecule has 1 N–H and O–H groups in total. The third-order valence-corrected chi connectivity index (χ3v) is 3.82. The minimum absolute atomic E-state index is 0.320. The lowest BCUT2D eigenvalue weighted by molar-refractivity contribution is 0.0698. The molecular weight excluding hydrogens is 260 g/mol. The molecule has 2 rings (SSSR count). The highest BCUT2D eigenvalue weighted by Gasteiger charge is 2.16. The van der Waals surface area contributed by atoms with Gasteiger partial charge in [-0.15, -0.1) is 0 Å². The Bertz CT molecular complexity index is 599. The second-order valence-electron chi connectivity index (χ2n) is 4.62. The summed E-state index contributed by atoms with van der Waals surface area (Å²) in [5.74, 6) is 0.211. The summed E-state index contributed by atoms with van der Waals surface area (Å²) in [4.78, 5) is 11.2. The Morgan fingerprint density at radius 2 is 2.00 bits per heavy atom. The van der Waals surface area contributed by atoms with Crippen molar-refractivity contribution in [2.24, 2.45) is 0 Å². The van der Waals surface area contributed by atoms with Crippen LogP contribution < -0.4 is 4.74 Å². The molecule has 0 unspecified atom stereocenters. The lowest BCUT2D eigenvalue weighted by Crippen LogP contribution is -1.98. The molecule has 0 aliphatic rings. The smallest absolute Gasteiger partial charge is 0.337 e. The van der Waals surface area contributed by atoms with Crippen LogP contribution in [0, 0.1) is 0 Å². The summed E-state index contributed by atoms with van der Waals surface area (Å²) in [6.07, 6.45) is 0. The molecule has 0 saturated carbocycles. The van der Waals surface area contributed by atoms with Crippen molar-refractivity contribution >= 4 is 17.3 Å². The normalized spacial score (nSPS) is 10.7. The van der Waals surface area contributed by atoms with Gasteiger partial charge in [-0.3, -0.25) is 0 Å². The van der Waals surface area contributed by atoms with E-state index in [4.69, 9.17) is 4.74 Å². The Morgan fingerprint density at radius 1 is 1.26 bits per heavy atom. The van der Waals surface area contributed by atoms with Crippen LogP contribution in [0.25, 0.3) is 11.1 Å². The Morgan fingerprint density at radius 3 is 2.58 bits per heavy atom. The number of aromatic carboxylic acids is 1. The fourth-order valence-electron chi connectivity index (χ4n) is 1.96. The zero-order valence-electron chi connectivity index (χ0n) is 11.1. The van der Waals surface area contributed by atoms with E-state index in [1.807, 2.05) is 23.6 Å². The van der Waals surface area contributed by atoms with Crippen LogP contribution in [-0.4, -0.2) is 18.2 Å². The average molecular weight is 276 g/mol. The molecule has 0 aliphatic carbocycles. The van der Waals surface area contributed by atoms with Crippen LogP contribution in [0.3, 0.4) is 0 Å². The molecule has 1 aromatic heterocycles. The van der Waals surface area contributed by atoms with Crippen LogP contribution in [0.2, 0.25) is 0 Å². The number of hydrogen-bond acceptors (Lipinski definition) is 3. The van der Waals surface area contributed by atoms with E-state index in [1.165, 1.54) is 16.9 Å². The van der Waals surface area contributed by atoms with E-state index >= 15 is 0 Å². The number of methoxy groups -OCH3 is 1. The number of hydrogen-bond donors (Lipinski definition) is 1. The Kier molecular flexibility index (Phi) is 3.90. The maximum Gasteiger partial charge on any atom is 0.337 e. The van der Waals surface area contributed by atoms with Gasteiger partial charge in [0, 0.05) is 16.5 Å². The molecular formula is C15H16O3S. The van der Waals surface area contributed by atoms with Crippen molar-refractivity contribution in [2.45, 2.75) is 19.8 Å². The Balaban J connectivity index is 2.56. The van der Waals surface area contributed by atoms with Crippen molar-refractivity contribution in [3.8, 4) is 16.9 Å². The van der Waals surface area contributed by atoms with Gasteiger partial charge in [-0.2, -0.15) is 11.3 Å².